The van der Waals surface area contributed by atoms with Gasteiger partial charge in [-0.2, -0.15) is 0 Å². The van der Waals surface area contributed by atoms with Crippen LogP contribution in [0.1, 0.15) is 32.3 Å². The van der Waals surface area contributed by atoms with Gasteiger partial charge in [0.2, 0.25) is 0 Å². The first-order chi connectivity index (χ1) is 8.72. The minimum absolute atomic E-state index is 0.775. The molecule has 3 nitrogen and oxygen atoms in total. The largest absolute Gasteiger partial charge is 0.332 e. The van der Waals surface area contributed by atoms with Crippen LogP contribution in [-0.4, -0.2) is 16.6 Å². The molecule has 2 heterocycles. The molecule has 98 valence electrons. The molecule has 0 aliphatic heterocycles. The van der Waals surface area contributed by atoms with Crippen molar-refractivity contribution in [3.05, 3.63) is 30.1 Å². The molecule has 0 spiro atoms. The second-order valence-corrected chi connectivity index (χ2v) is 5.29. The van der Waals surface area contributed by atoms with Gasteiger partial charge in [0.25, 0.3) is 0 Å². The Bertz CT molecular complexity index is 499. The van der Waals surface area contributed by atoms with E-state index in [0.717, 1.165) is 24.7 Å². The molecule has 2 aromatic rings. The van der Waals surface area contributed by atoms with Crippen LogP contribution in [-0.2, 0) is 13.1 Å². The van der Waals surface area contributed by atoms with Gasteiger partial charge in [0.1, 0.15) is 5.65 Å². The first-order valence-electron chi connectivity index (χ1n) is 6.79. The zero-order valence-electron chi connectivity index (χ0n) is 11.6. The predicted molar refractivity (Wildman–Crippen MR) is 76.6 cm³/mol. The predicted octanol–water partition coefficient (Wildman–Crippen LogP) is 3.19. The third kappa shape index (κ3) is 2.91. The van der Waals surface area contributed by atoms with Gasteiger partial charge in [0.05, 0.1) is 0 Å². The molecule has 0 fully saturated rings. The van der Waals surface area contributed by atoms with Gasteiger partial charge in [-0.3, -0.25) is 0 Å². The van der Waals surface area contributed by atoms with E-state index in [-0.39, 0.29) is 0 Å². The Hall–Kier alpha value is -1.35. The van der Waals surface area contributed by atoms with Crippen molar-refractivity contribution in [2.75, 3.05) is 7.05 Å². The molecule has 2 aromatic heterocycles. The summed E-state index contributed by atoms with van der Waals surface area (Å²) < 4.78 is 2.30. The van der Waals surface area contributed by atoms with Gasteiger partial charge in [-0.1, -0.05) is 13.8 Å². The van der Waals surface area contributed by atoms with Crippen LogP contribution in [0.4, 0.5) is 0 Å². The third-order valence-corrected chi connectivity index (χ3v) is 3.26. The number of rotatable bonds is 6. The van der Waals surface area contributed by atoms with E-state index in [9.17, 15) is 0 Å². The lowest BCUT2D eigenvalue weighted by atomic mass is 10.1. The number of nitrogens with one attached hydrogen (secondary N) is 1. The lowest BCUT2D eigenvalue weighted by molar-refractivity contribution is 0.516. The first-order valence-corrected chi connectivity index (χ1v) is 6.79. The summed E-state index contributed by atoms with van der Waals surface area (Å²) in [7, 11) is 1.98. The Balaban J connectivity index is 2.21. The molecule has 0 aliphatic rings. The molecule has 0 radical (unpaired) electrons. The Kier molecular flexibility index (Phi) is 4.37. The van der Waals surface area contributed by atoms with Crippen molar-refractivity contribution >= 4 is 11.0 Å². The molecule has 3 heteroatoms. The van der Waals surface area contributed by atoms with Gasteiger partial charge in [-0.15, -0.1) is 0 Å². The van der Waals surface area contributed by atoms with Crippen molar-refractivity contribution in [3.63, 3.8) is 0 Å². The molecule has 0 saturated heterocycles. The lowest BCUT2D eigenvalue weighted by Crippen LogP contribution is -2.04. The van der Waals surface area contributed by atoms with E-state index in [1.807, 2.05) is 19.3 Å². The number of pyridine rings is 1. The smallest absolute Gasteiger partial charge is 0.140 e. The van der Waals surface area contributed by atoms with E-state index in [1.165, 1.54) is 23.8 Å². The molecule has 0 bridgehead atoms. The second-order valence-electron chi connectivity index (χ2n) is 5.29. The standard InChI is InChI=1S/C15H23N3/c1-12(2)6-5-9-18-11-13(10-16-3)14-7-4-8-17-15(14)18/h4,7-8,11-12,16H,5-6,9-10H2,1-3H3. The number of fused-ring (bicyclic) bond motifs is 1. The van der Waals surface area contributed by atoms with Crippen LogP contribution >= 0.6 is 0 Å². The Morgan fingerprint density at radius 1 is 1.39 bits per heavy atom. The van der Waals surface area contributed by atoms with Crippen LogP contribution in [0.15, 0.2) is 24.5 Å². The molecule has 0 saturated carbocycles. The van der Waals surface area contributed by atoms with Gasteiger partial charge in [0.15, 0.2) is 0 Å². The number of nitrogens with zero attached hydrogens (tertiary/aromatic N) is 2. The van der Waals surface area contributed by atoms with Gasteiger partial charge in [-0.05, 0) is 43.5 Å². The summed E-state index contributed by atoms with van der Waals surface area (Å²) in [4.78, 5) is 4.52. The SMILES string of the molecule is CNCc1cn(CCCC(C)C)c2ncccc12. The van der Waals surface area contributed by atoms with Crippen molar-refractivity contribution < 1.29 is 0 Å². The highest BCUT2D eigenvalue weighted by Crippen LogP contribution is 2.20. The average Bonchev–Trinajstić information content (AvgIpc) is 2.69. The highest BCUT2D eigenvalue weighted by atomic mass is 15.0. The summed E-state index contributed by atoms with van der Waals surface area (Å²) in [6.45, 7) is 6.52. The monoisotopic (exact) mass is 245 g/mol. The third-order valence-electron chi connectivity index (χ3n) is 3.26. The number of aryl methyl sites for hydroxylation is 1. The minimum atomic E-state index is 0.775. The fraction of sp³-hybridized carbons (Fsp3) is 0.533. The summed E-state index contributed by atoms with van der Waals surface area (Å²) in [5.74, 6) is 0.775. The molecule has 0 aliphatic carbocycles. The molecule has 1 N–H and O–H groups in total. The zero-order valence-corrected chi connectivity index (χ0v) is 11.6. The number of hydrogen-bond donors (Lipinski definition) is 1. The maximum absolute atomic E-state index is 4.52. The van der Waals surface area contributed by atoms with E-state index in [1.54, 1.807) is 0 Å². The summed E-state index contributed by atoms with van der Waals surface area (Å²) in [5, 5.41) is 4.50. The minimum Gasteiger partial charge on any atom is -0.332 e. The molecule has 0 amide bonds. The van der Waals surface area contributed by atoms with Crippen molar-refractivity contribution in [2.24, 2.45) is 5.92 Å². The summed E-state index contributed by atoms with van der Waals surface area (Å²) in [6, 6.07) is 4.17. The van der Waals surface area contributed by atoms with E-state index in [0.29, 0.717) is 0 Å². The van der Waals surface area contributed by atoms with Crippen molar-refractivity contribution in [3.8, 4) is 0 Å². The van der Waals surface area contributed by atoms with Crippen LogP contribution in [0.5, 0.6) is 0 Å². The van der Waals surface area contributed by atoms with Gasteiger partial charge >= 0.3 is 0 Å². The molecular formula is C15H23N3. The molecule has 0 unspecified atom stereocenters. The number of hydrogen-bond acceptors (Lipinski definition) is 2. The van der Waals surface area contributed by atoms with Gasteiger partial charge < -0.3 is 9.88 Å². The van der Waals surface area contributed by atoms with Crippen molar-refractivity contribution in [2.45, 2.75) is 39.8 Å². The summed E-state index contributed by atoms with van der Waals surface area (Å²) >= 11 is 0. The summed E-state index contributed by atoms with van der Waals surface area (Å²) in [6.07, 6.45) is 6.61. The topological polar surface area (TPSA) is 29.9 Å². The van der Waals surface area contributed by atoms with Crippen LogP contribution in [0.2, 0.25) is 0 Å². The average molecular weight is 245 g/mol. The van der Waals surface area contributed by atoms with Crippen LogP contribution in [0, 0.1) is 5.92 Å². The maximum Gasteiger partial charge on any atom is 0.140 e. The zero-order chi connectivity index (χ0) is 13.0. The van der Waals surface area contributed by atoms with Crippen LogP contribution in [0.25, 0.3) is 11.0 Å². The first kappa shape index (κ1) is 13.1. The molecular weight excluding hydrogens is 222 g/mol. The van der Waals surface area contributed by atoms with Gasteiger partial charge in [-0.25, -0.2) is 4.98 Å². The quantitative estimate of drug-likeness (QED) is 0.847. The number of aromatic nitrogens is 2. The second kappa shape index (κ2) is 6.01. The fourth-order valence-electron chi connectivity index (χ4n) is 2.37. The van der Waals surface area contributed by atoms with Crippen molar-refractivity contribution in [1.82, 2.24) is 14.9 Å². The Morgan fingerprint density at radius 3 is 2.94 bits per heavy atom. The highest BCUT2D eigenvalue weighted by molar-refractivity contribution is 5.80. The fourth-order valence-corrected chi connectivity index (χ4v) is 2.37. The maximum atomic E-state index is 4.52. The van der Waals surface area contributed by atoms with E-state index in [2.05, 4.69) is 41.0 Å². The highest BCUT2D eigenvalue weighted by Gasteiger charge is 2.08. The van der Waals surface area contributed by atoms with Crippen LogP contribution < -0.4 is 5.32 Å². The lowest BCUT2D eigenvalue weighted by Gasteiger charge is -2.06. The van der Waals surface area contributed by atoms with E-state index >= 15 is 0 Å². The Morgan fingerprint density at radius 2 is 2.22 bits per heavy atom. The van der Waals surface area contributed by atoms with Gasteiger partial charge in [0, 0.05) is 30.9 Å². The van der Waals surface area contributed by atoms with Crippen LogP contribution in [0.3, 0.4) is 0 Å². The van der Waals surface area contributed by atoms with E-state index < -0.39 is 0 Å². The van der Waals surface area contributed by atoms with Crippen molar-refractivity contribution in [1.29, 1.82) is 0 Å². The summed E-state index contributed by atoms with van der Waals surface area (Å²) in [5.41, 5.74) is 2.46. The normalized spacial score (nSPS) is 11.6. The Labute approximate surface area is 109 Å². The van der Waals surface area contributed by atoms with E-state index in [4.69, 9.17) is 0 Å². The molecule has 18 heavy (non-hydrogen) atoms. The molecule has 0 aromatic carbocycles. The molecule has 2 rings (SSSR count). The molecule has 0 atom stereocenters.